The largest absolute Gasteiger partial charge is 1.00 e. The van der Waals surface area contributed by atoms with Crippen LogP contribution in [0.2, 0.25) is 0 Å². The molecule has 2 aromatic carbocycles. The molecule has 3 rings (SSSR count). The van der Waals surface area contributed by atoms with Gasteiger partial charge in [0, 0.05) is 0 Å². The van der Waals surface area contributed by atoms with Crippen molar-refractivity contribution in [3.05, 3.63) is 83.0 Å². The fraction of sp³-hybridized carbons (Fsp3) is 0.143. The average molecular weight is 424 g/mol. The Kier molecular flexibility index (Phi) is 12.1. The van der Waals surface area contributed by atoms with Gasteiger partial charge in [0.05, 0.1) is 0 Å². The minimum atomic E-state index is -0.501. The summed E-state index contributed by atoms with van der Waals surface area (Å²) in [6.45, 7) is 4.01. The zero-order chi connectivity index (χ0) is 17.4. The van der Waals surface area contributed by atoms with Gasteiger partial charge in [0.1, 0.15) is 0 Å². The normalized spacial score (nSPS) is 10.5. The Bertz CT molecular complexity index is 770. The van der Waals surface area contributed by atoms with Crippen LogP contribution in [-0.4, -0.2) is 18.8 Å². The van der Waals surface area contributed by atoms with Crippen LogP contribution in [-0.2, 0) is 18.2 Å². The molecule has 2 N–H and O–H groups in total. The monoisotopic (exact) mass is 423 g/mol. The van der Waals surface area contributed by atoms with Crippen LogP contribution in [0, 0.1) is 19.9 Å². The summed E-state index contributed by atoms with van der Waals surface area (Å²) in [6, 6.07) is 11.2. The topological polar surface area (TPSA) is 40.5 Å². The van der Waals surface area contributed by atoms with Gasteiger partial charge in [-0.2, -0.15) is 6.08 Å². The number of aryl methyl sites for hydroxylation is 2. The van der Waals surface area contributed by atoms with Gasteiger partial charge in [-0.3, -0.25) is 6.08 Å². The van der Waals surface area contributed by atoms with Gasteiger partial charge in [-0.25, -0.2) is 12.2 Å². The average Bonchev–Trinajstić information content (AvgIpc) is 3.14. The molecule has 1 aliphatic rings. The molecule has 0 saturated heterocycles. The predicted molar refractivity (Wildman–Crippen MR) is 97.6 cm³/mol. The fourth-order valence-corrected chi connectivity index (χ4v) is 3.55. The third-order valence-electron chi connectivity index (χ3n) is 3.43. The Labute approximate surface area is 176 Å². The molecule has 26 heavy (non-hydrogen) atoms. The van der Waals surface area contributed by atoms with Crippen LogP contribution in [0.3, 0.4) is 0 Å². The third kappa shape index (κ3) is 8.29. The number of phenolic OH excluding ortho intramolecular Hbond substituents is 2. The number of rotatable bonds is 2. The van der Waals surface area contributed by atoms with E-state index in [1.807, 2.05) is 50.3 Å². The van der Waals surface area contributed by atoms with Crippen LogP contribution in [0.15, 0.2) is 54.6 Å². The molecule has 0 radical (unpaired) electrons. The predicted octanol–water partition coefficient (Wildman–Crippen LogP) is -1.89. The van der Waals surface area contributed by atoms with Crippen LogP contribution >= 0.6 is 0 Å². The molecular weight excluding hydrogens is 403 g/mol. The molecule has 2 nitrogen and oxygen atoms in total. The van der Waals surface area contributed by atoms with Crippen molar-refractivity contribution in [1.29, 1.82) is 0 Å². The van der Waals surface area contributed by atoms with Gasteiger partial charge in [0.15, 0.2) is 0 Å². The molecule has 0 heterocycles. The number of allylic oxidation sites excluding steroid dienone is 4. The van der Waals surface area contributed by atoms with Crippen molar-refractivity contribution in [3.63, 3.8) is 0 Å². The van der Waals surface area contributed by atoms with E-state index < -0.39 is 18.2 Å². The molecule has 1 aliphatic carbocycles. The van der Waals surface area contributed by atoms with E-state index in [1.165, 1.54) is 0 Å². The minimum Gasteiger partial charge on any atom is -1.00 e. The van der Waals surface area contributed by atoms with E-state index in [2.05, 4.69) is 20.8 Å². The number of halogens is 2. The number of hydrogen-bond donors (Lipinski definition) is 2. The first-order valence-corrected chi connectivity index (χ1v) is 9.60. The molecule has 5 heteroatoms. The molecule has 2 aromatic rings. The van der Waals surface area contributed by atoms with Gasteiger partial charge in [-0.1, -0.05) is 0 Å². The van der Waals surface area contributed by atoms with Gasteiger partial charge in [0.2, 0.25) is 0 Å². The van der Waals surface area contributed by atoms with Crippen LogP contribution < -0.4 is 24.8 Å². The molecule has 0 aliphatic heterocycles. The summed E-state index contributed by atoms with van der Waals surface area (Å²) >= 11 is -0.501. The van der Waals surface area contributed by atoms with Crippen LogP contribution in [0.5, 0.6) is 11.5 Å². The Hall–Kier alpha value is -1.45. The summed E-state index contributed by atoms with van der Waals surface area (Å²) in [4.78, 5) is 0. The molecule has 0 bridgehead atoms. The van der Waals surface area contributed by atoms with E-state index >= 15 is 0 Å². The maximum atomic E-state index is 9.76. The van der Waals surface area contributed by atoms with Gasteiger partial charge < -0.3 is 24.8 Å². The Morgan fingerprint density at radius 1 is 0.885 bits per heavy atom. The molecular formula is C21H21Cl2O2Ti-3. The molecule has 0 amide bonds. The summed E-state index contributed by atoms with van der Waals surface area (Å²) in [5.74, 6) is 0.632. The van der Waals surface area contributed by atoms with Gasteiger partial charge >= 0.3 is 121 Å². The third-order valence-corrected chi connectivity index (χ3v) is 4.92. The van der Waals surface area contributed by atoms with Crippen LogP contribution in [0.25, 0.3) is 0 Å². The second-order valence-electron chi connectivity index (χ2n) is 5.58. The smallest absolute Gasteiger partial charge is 0.109 e. The SMILES string of the molecule is Cc1ccc(O)c([CH]=[Ti]=[CH]c2cc(C)ccc2O)c1.[C-]1=CC=CC1.[Cl-].[Cl-]. The zero-order valence-corrected chi connectivity index (χ0v) is 17.8. The second kappa shape index (κ2) is 12.8. The molecule has 0 spiro atoms. The Balaban J connectivity index is 0.000000774. The van der Waals surface area contributed by atoms with E-state index in [0.29, 0.717) is 11.5 Å². The Morgan fingerprint density at radius 2 is 1.38 bits per heavy atom. The van der Waals surface area contributed by atoms with Crippen LogP contribution in [0.1, 0.15) is 28.7 Å². The molecule has 0 atom stereocenters. The first-order valence-electron chi connectivity index (χ1n) is 7.80. The summed E-state index contributed by atoms with van der Waals surface area (Å²) < 4.78 is 4.15. The van der Waals surface area contributed by atoms with Gasteiger partial charge in [-0.05, 0) is 0 Å². The first-order chi connectivity index (χ1) is 11.6. The molecule has 0 saturated carbocycles. The van der Waals surface area contributed by atoms with Crippen molar-refractivity contribution in [3.8, 4) is 11.5 Å². The first kappa shape index (κ1) is 24.6. The van der Waals surface area contributed by atoms with Crippen LogP contribution in [0.4, 0.5) is 0 Å². The van der Waals surface area contributed by atoms with Crippen molar-refractivity contribution < 1.29 is 53.3 Å². The van der Waals surface area contributed by atoms with E-state index in [9.17, 15) is 10.2 Å². The zero-order valence-electron chi connectivity index (χ0n) is 14.7. The van der Waals surface area contributed by atoms with Crippen molar-refractivity contribution in [2.24, 2.45) is 0 Å². The van der Waals surface area contributed by atoms with E-state index in [1.54, 1.807) is 12.1 Å². The van der Waals surface area contributed by atoms with Crippen molar-refractivity contribution >= 4 is 8.63 Å². The minimum absolute atomic E-state index is 0. The molecule has 0 unspecified atom stereocenters. The van der Waals surface area contributed by atoms with E-state index in [4.69, 9.17) is 0 Å². The molecule has 0 fully saturated rings. The van der Waals surface area contributed by atoms with Crippen molar-refractivity contribution in [2.75, 3.05) is 0 Å². The number of benzene rings is 2. The fourth-order valence-electron chi connectivity index (χ4n) is 2.14. The van der Waals surface area contributed by atoms with Crippen molar-refractivity contribution in [2.45, 2.75) is 20.3 Å². The van der Waals surface area contributed by atoms with Gasteiger partial charge in [0.25, 0.3) is 0 Å². The molecule has 138 valence electrons. The summed E-state index contributed by atoms with van der Waals surface area (Å²) in [5.41, 5.74) is 4.02. The number of phenols is 2. The maximum Gasteiger partial charge on any atom is -0.109 e. The second-order valence-corrected chi connectivity index (χ2v) is 7.01. The summed E-state index contributed by atoms with van der Waals surface area (Å²) in [7, 11) is 0. The number of hydrogen-bond acceptors (Lipinski definition) is 2. The summed E-state index contributed by atoms with van der Waals surface area (Å²) in [5, 5.41) is 19.5. The van der Waals surface area contributed by atoms with E-state index in [0.717, 1.165) is 28.7 Å². The standard InChI is InChI=1S/2C8H8O.C5H5.2ClH.Ti/c2*1-6-3-4-8(9)7(2)5-6;1-2-4-5-3-1;;;/h2*2-5,9H,1H3;1-3H,4H2;2*1H;/q;;-1;;;/p-2. The van der Waals surface area contributed by atoms with Crippen molar-refractivity contribution in [1.82, 2.24) is 0 Å². The quantitative estimate of drug-likeness (QED) is 0.438. The summed E-state index contributed by atoms with van der Waals surface area (Å²) in [6.07, 6.45) is 10.0. The van der Waals surface area contributed by atoms with E-state index in [-0.39, 0.29) is 24.8 Å². The Morgan fingerprint density at radius 3 is 1.73 bits per heavy atom. The van der Waals surface area contributed by atoms with Gasteiger partial charge in [-0.15, -0.1) is 6.42 Å². The maximum absolute atomic E-state index is 9.76. The number of aromatic hydroxyl groups is 2. The molecule has 0 aromatic heterocycles.